The normalized spacial score (nSPS) is 25.6. The lowest BCUT2D eigenvalue weighted by atomic mass is 9.74. The van der Waals surface area contributed by atoms with E-state index in [9.17, 15) is 9.18 Å². The number of esters is 1. The van der Waals surface area contributed by atoms with E-state index in [4.69, 9.17) is 9.57 Å². The second-order valence-electron chi connectivity index (χ2n) is 7.31. The van der Waals surface area contributed by atoms with Gasteiger partial charge in [-0.05, 0) is 38.4 Å². The average molecular weight is 374 g/mol. The van der Waals surface area contributed by atoms with Gasteiger partial charge in [0.25, 0.3) is 0 Å². The van der Waals surface area contributed by atoms with E-state index in [0.29, 0.717) is 26.0 Å². The summed E-state index contributed by atoms with van der Waals surface area (Å²) in [5, 5.41) is 4.15. The van der Waals surface area contributed by atoms with Crippen LogP contribution in [0.4, 0.5) is 4.39 Å². The van der Waals surface area contributed by atoms with E-state index in [1.54, 1.807) is 6.07 Å². The average Bonchev–Trinajstić information content (AvgIpc) is 3.11. The molecule has 0 saturated carbocycles. The summed E-state index contributed by atoms with van der Waals surface area (Å²) in [6.45, 7) is 8.32. The predicted molar refractivity (Wildman–Crippen MR) is 102 cm³/mol. The fraction of sp³-hybridized carbons (Fsp3) is 0.524. The van der Waals surface area contributed by atoms with Crippen molar-refractivity contribution in [3.8, 4) is 0 Å². The van der Waals surface area contributed by atoms with Gasteiger partial charge < -0.3 is 9.57 Å². The summed E-state index contributed by atoms with van der Waals surface area (Å²) < 4.78 is 18.9. The van der Waals surface area contributed by atoms with Crippen molar-refractivity contribution in [1.82, 2.24) is 4.90 Å². The Morgan fingerprint density at radius 1 is 1.56 bits per heavy atom. The topological polar surface area (TPSA) is 51.1 Å². The van der Waals surface area contributed by atoms with Crippen molar-refractivity contribution in [1.29, 1.82) is 0 Å². The molecule has 3 rings (SSSR count). The van der Waals surface area contributed by atoms with Gasteiger partial charge in [-0.15, -0.1) is 6.58 Å². The molecule has 1 aromatic rings. The summed E-state index contributed by atoms with van der Waals surface area (Å²) in [6, 6.07) is 6.34. The summed E-state index contributed by atoms with van der Waals surface area (Å²) in [7, 11) is 0. The van der Waals surface area contributed by atoms with Crippen LogP contribution in [0, 0.1) is 11.2 Å². The lowest BCUT2D eigenvalue weighted by Crippen LogP contribution is -2.50. The smallest absolute Gasteiger partial charge is 0.313 e. The van der Waals surface area contributed by atoms with Crippen molar-refractivity contribution in [3.63, 3.8) is 0 Å². The highest BCUT2D eigenvalue weighted by atomic mass is 19.1. The molecule has 2 heterocycles. The molecule has 1 saturated heterocycles. The maximum atomic E-state index is 13.5. The van der Waals surface area contributed by atoms with E-state index >= 15 is 0 Å². The van der Waals surface area contributed by atoms with E-state index < -0.39 is 5.41 Å². The molecule has 0 N–H and O–H groups in total. The van der Waals surface area contributed by atoms with E-state index in [-0.39, 0.29) is 17.9 Å². The Morgan fingerprint density at radius 3 is 3.15 bits per heavy atom. The standard InChI is InChI=1S/C21H27FN2O3/c1-3-10-24-11-6-9-21(15-24,20(25)26-4-2)14-18-13-19(23-27-18)16-7-5-8-17(22)12-16/h3,5,7-8,12,18H,1,4,6,9-11,13-15H2,2H3/t18-,21+/m1/s1. The van der Waals surface area contributed by atoms with E-state index in [2.05, 4.69) is 16.6 Å². The summed E-state index contributed by atoms with van der Waals surface area (Å²) in [5.74, 6) is -0.462. The van der Waals surface area contributed by atoms with Crippen LogP contribution in [0.15, 0.2) is 42.1 Å². The zero-order valence-corrected chi connectivity index (χ0v) is 15.8. The van der Waals surface area contributed by atoms with Gasteiger partial charge in [-0.25, -0.2) is 4.39 Å². The predicted octanol–water partition coefficient (Wildman–Crippen LogP) is 3.54. The Balaban J connectivity index is 1.72. The van der Waals surface area contributed by atoms with Crippen LogP contribution in [0.3, 0.4) is 0 Å². The third kappa shape index (κ3) is 4.56. The lowest BCUT2D eigenvalue weighted by Gasteiger charge is -2.41. The van der Waals surface area contributed by atoms with Gasteiger partial charge in [-0.3, -0.25) is 9.69 Å². The number of carbonyl (C=O) groups is 1. The molecule has 0 unspecified atom stereocenters. The fourth-order valence-corrected chi connectivity index (χ4v) is 4.08. The molecule has 6 heteroatoms. The zero-order chi connectivity index (χ0) is 19.3. The van der Waals surface area contributed by atoms with Crippen molar-refractivity contribution < 1.29 is 18.8 Å². The van der Waals surface area contributed by atoms with Gasteiger partial charge in [0.05, 0.1) is 17.7 Å². The number of ether oxygens (including phenoxy) is 1. The molecule has 146 valence electrons. The number of hydrogen-bond donors (Lipinski definition) is 0. The molecular weight excluding hydrogens is 347 g/mol. The van der Waals surface area contributed by atoms with Crippen LogP contribution in [-0.2, 0) is 14.4 Å². The molecule has 0 amide bonds. The Bertz CT molecular complexity index is 721. The Kier molecular flexibility index (Phi) is 6.26. The second kappa shape index (κ2) is 8.65. The number of rotatable bonds is 7. The summed E-state index contributed by atoms with van der Waals surface area (Å²) in [5.41, 5.74) is 0.839. The number of likely N-dealkylation sites (tertiary alicyclic amines) is 1. The van der Waals surface area contributed by atoms with Crippen molar-refractivity contribution in [2.75, 3.05) is 26.2 Å². The number of nitrogens with zero attached hydrogens (tertiary/aromatic N) is 2. The molecule has 0 spiro atoms. The first-order valence-corrected chi connectivity index (χ1v) is 9.55. The summed E-state index contributed by atoms with van der Waals surface area (Å²) in [6.07, 6.45) is 4.45. The molecular formula is C21H27FN2O3. The van der Waals surface area contributed by atoms with Crippen LogP contribution in [0.2, 0.25) is 0 Å². The van der Waals surface area contributed by atoms with Crippen molar-refractivity contribution in [2.45, 2.75) is 38.7 Å². The molecule has 2 aliphatic rings. The summed E-state index contributed by atoms with van der Waals surface area (Å²) >= 11 is 0. The maximum absolute atomic E-state index is 13.5. The number of oxime groups is 1. The molecule has 0 aromatic heterocycles. The van der Waals surface area contributed by atoms with Gasteiger partial charge in [0.1, 0.15) is 11.9 Å². The highest BCUT2D eigenvalue weighted by Gasteiger charge is 2.46. The molecule has 1 fully saturated rings. The monoisotopic (exact) mass is 374 g/mol. The minimum atomic E-state index is -0.602. The van der Waals surface area contributed by atoms with Crippen LogP contribution in [0.5, 0.6) is 0 Å². The molecule has 5 nitrogen and oxygen atoms in total. The van der Waals surface area contributed by atoms with Crippen LogP contribution in [-0.4, -0.2) is 48.9 Å². The van der Waals surface area contributed by atoms with Gasteiger partial charge in [-0.2, -0.15) is 0 Å². The number of halogens is 1. The third-order valence-corrected chi connectivity index (χ3v) is 5.26. The first kappa shape index (κ1) is 19.5. The van der Waals surface area contributed by atoms with Crippen LogP contribution in [0.1, 0.15) is 38.2 Å². The minimum absolute atomic E-state index is 0.165. The molecule has 1 aromatic carbocycles. The highest BCUT2D eigenvalue weighted by Crippen LogP contribution is 2.39. The molecule has 2 aliphatic heterocycles. The van der Waals surface area contributed by atoms with E-state index in [1.807, 2.05) is 19.1 Å². The first-order valence-electron chi connectivity index (χ1n) is 9.55. The molecule has 0 radical (unpaired) electrons. The van der Waals surface area contributed by atoms with Crippen LogP contribution >= 0.6 is 0 Å². The maximum Gasteiger partial charge on any atom is 0.313 e. The number of piperidine rings is 1. The van der Waals surface area contributed by atoms with Gasteiger partial charge >= 0.3 is 5.97 Å². The largest absolute Gasteiger partial charge is 0.466 e. The van der Waals surface area contributed by atoms with Crippen LogP contribution in [0.25, 0.3) is 0 Å². The Hall–Kier alpha value is -2.21. The first-order chi connectivity index (χ1) is 13.1. The van der Waals surface area contributed by atoms with Gasteiger partial charge in [0, 0.05) is 31.5 Å². The summed E-state index contributed by atoms with van der Waals surface area (Å²) in [4.78, 5) is 20.7. The van der Waals surface area contributed by atoms with Crippen molar-refractivity contribution >= 4 is 11.7 Å². The van der Waals surface area contributed by atoms with Gasteiger partial charge in [0.2, 0.25) is 0 Å². The van der Waals surface area contributed by atoms with Crippen molar-refractivity contribution in [3.05, 3.63) is 48.3 Å². The van der Waals surface area contributed by atoms with Gasteiger partial charge in [0.15, 0.2) is 0 Å². The van der Waals surface area contributed by atoms with Gasteiger partial charge in [-0.1, -0.05) is 23.4 Å². The quantitative estimate of drug-likeness (QED) is 0.541. The number of hydrogen-bond acceptors (Lipinski definition) is 5. The molecule has 27 heavy (non-hydrogen) atoms. The number of carbonyl (C=O) groups excluding carboxylic acids is 1. The Morgan fingerprint density at radius 2 is 2.41 bits per heavy atom. The van der Waals surface area contributed by atoms with E-state index in [0.717, 1.165) is 37.2 Å². The molecule has 2 atom stereocenters. The third-order valence-electron chi connectivity index (χ3n) is 5.26. The molecule has 0 aliphatic carbocycles. The fourth-order valence-electron chi connectivity index (χ4n) is 4.08. The SMILES string of the molecule is C=CCN1CCC[C@@](C[C@H]2CC(c3cccc(F)c3)=NO2)(C(=O)OCC)C1. The zero-order valence-electron chi connectivity index (χ0n) is 15.8. The van der Waals surface area contributed by atoms with Crippen molar-refractivity contribution in [2.24, 2.45) is 10.6 Å². The Labute approximate surface area is 159 Å². The molecule has 0 bridgehead atoms. The van der Waals surface area contributed by atoms with E-state index in [1.165, 1.54) is 12.1 Å². The highest BCUT2D eigenvalue weighted by molar-refractivity contribution is 6.01. The number of benzene rings is 1. The van der Waals surface area contributed by atoms with Crippen LogP contribution < -0.4 is 0 Å². The minimum Gasteiger partial charge on any atom is -0.466 e. The second-order valence-corrected chi connectivity index (χ2v) is 7.31. The lowest BCUT2D eigenvalue weighted by molar-refractivity contribution is -0.162.